The van der Waals surface area contributed by atoms with Gasteiger partial charge in [-0.2, -0.15) is 5.10 Å². The molecular formula is C27H29Cl2FN2O2. The number of allylic oxidation sites excluding steroid dienone is 2. The van der Waals surface area contributed by atoms with Gasteiger partial charge in [-0.3, -0.25) is 4.68 Å². The smallest absolute Gasteiger partial charge is 0.356 e. The molecule has 0 bridgehead atoms. The van der Waals surface area contributed by atoms with E-state index in [4.69, 9.17) is 23.2 Å². The van der Waals surface area contributed by atoms with Crippen LogP contribution in [0.4, 0.5) is 4.39 Å². The topological polar surface area (TPSA) is 55.1 Å². The van der Waals surface area contributed by atoms with Crippen LogP contribution in [-0.2, 0) is 13.0 Å². The van der Waals surface area contributed by atoms with E-state index in [0.29, 0.717) is 22.7 Å². The Balaban J connectivity index is 2.33. The highest BCUT2D eigenvalue weighted by atomic mass is 35.5. The summed E-state index contributed by atoms with van der Waals surface area (Å²) < 4.78 is 16.7. The van der Waals surface area contributed by atoms with Crippen molar-refractivity contribution < 1.29 is 14.3 Å². The lowest BCUT2D eigenvalue weighted by molar-refractivity contribution is 0.0688. The molecule has 3 aromatic rings. The van der Waals surface area contributed by atoms with Gasteiger partial charge in [-0.1, -0.05) is 66.9 Å². The number of carbonyl (C=O) groups is 1. The summed E-state index contributed by atoms with van der Waals surface area (Å²) in [6, 6.07) is 10.4. The van der Waals surface area contributed by atoms with Crippen molar-refractivity contribution in [3.63, 3.8) is 0 Å². The average Bonchev–Trinajstić information content (AvgIpc) is 3.14. The van der Waals surface area contributed by atoms with Gasteiger partial charge in [0.05, 0.1) is 11.6 Å². The summed E-state index contributed by atoms with van der Waals surface area (Å²) in [5, 5.41) is 15.2. The van der Waals surface area contributed by atoms with Gasteiger partial charge >= 0.3 is 5.97 Å². The first-order chi connectivity index (χ1) is 16.0. The third-order valence-electron chi connectivity index (χ3n) is 5.86. The van der Waals surface area contributed by atoms with Gasteiger partial charge < -0.3 is 5.11 Å². The first kappa shape index (κ1) is 26.0. The summed E-state index contributed by atoms with van der Waals surface area (Å²) in [5.41, 5.74) is 4.67. The van der Waals surface area contributed by atoms with Gasteiger partial charge in [0.15, 0.2) is 5.69 Å². The van der Waals surface area contributed by atoms with E-state index < -0.39 is 17.7 Å². The predicted molar refractivity (Wildman–Crippen MR) is 136 cm³/mol. The number of carboxylic acids is 1. The zero-order valence-electron chi connectivity index (χ0n) is 20.0. The molecule has 1 N–H and O–H groups in total. The number of carboxylic acid groups (broad SMARTS) is 1. The lowest BCUT2D eigenvalue weighted by Gasteiger charge is -2.23. The fourth-order valence-electron chi connectivity index (χ4n) is 4.33. The van der Waals surface area contributed by atoms with Crippen molar-refractivity contribution in [2.24, 2.45) is 0 Å². The third kappa shape index (κ3) is 5.53. The lowest BCUT2D eigenvalue weighted by Crippen LogP contribution is -2.15. The molecule has 1 heterocycles. The van der Waals surface area contributed by atoms with Gasteiger partial charge in [-0.15, -0.1) is 0 Å². The Labute approximate surface area is 210 Å². The van der Waals surface area contributed by atoms with Gasteiger partial charge in [0.2, 0.25) is 0 Å². The highest BCUT2D eigenvalue weighted by Crippen LogP contribution is 2.39. The molecule has 3 rings (SSSR count). The van der Waals surface area contributed by atoms with E-state index in [1.165, 1.54) is 6.07 Å². The number of aromatic carboxylic acids is 1. The van der Waals surface area contributed by atoms with E-state index in [-0.39, 0.29) is 23.1 Å². The summed E-state index contributed by atoms with van der Waals surface area (Å²) in [5.74, 6) is -2.09. The van der Waals surface area contributed by atoms with E-state index in [9.17, 15) is 14.3 Å². The van der Waals surface area contributed by atoms with Crippen molar-refractivity contribution in [2.75, 3.05) is 0 Å². The van der Waals surface area contributed by atoms with E-state index >= 15 is 0 Å². The molecule has 0 saturated carbocycles. The maximum absolute atomic E-state index is 15.0. The Kier molecular flexibility index (Phi) is 8.21. The summed E-state index contributed by atoms with van der Waals surface area (Å²) in [6.07, 6.45) is 2.23. The Morgan fingerprint density at radius 2 is 1.91 bits per heavy atom. The van der Waals surface area contributed by atoms with Crippen LogP contribution in [0.2, 0.25) is 10.0 Å². The van der Waals surface area contributed by atoms with Gasteiger partial charge in [0.1, 0.15) is 5.82 Å². The standard InChI is InChI=1S/C27H29Cl2FN2O2/c1-15(2)11-12-32-26(16(3)4)23(25(31-32)27(33)34)21(20-10-9-19(28)13-17(20)5)14-18-7-6-8-22(29)24(18)30/h6-11,13,16,21H,12,14H2,1-5H3,(H,33,34). The molecule has 0 aliphatic rings. The molecule has 34 heavy (non-hydrogen) atoms. The monoisotopic (exact) mass is 502 g/mol. The predicted octanol–water partition coefficient (Wildman–Crippen LogP) is 7.80. The highest BCUT2D eigenvalue weighted by Gasteiger charge is 2.32. The minimum atomic E-state index is -1.11. The van der Waals surface area contributed by atoms with Crippen LogP contribution >= 0.6 is 23.2 Å². The van der Waals surface area contributed by atoms with Crippen LogP contribution in [0.15, 0.2) is 48.0 Å². The molecule has 0 aliphatic carbocycles. The van der Waals surface area contributed by atoms with Gasteiger partial charge in [0, 0.05) is 22.2 Å². The van der Waals surface area contributed by atoms with Gasteiger partial charge in [0.25, 0.3) is 0 Å². The summed E-state index contributed by atoms with van der Waals surface area (Å²) in [4.78, 5) is 12.4. The maximum atomic E-state index is 15.0. The second kappa shape index (κ2) is 10.7. The zero-order valence-corrected chi connectivity index (χ0v) is 21.5. The lowest BCUT2D eigenvalue weighted by atomic mass is 9.81. The van der Waals surface area contributed by atoms with E-state index in [1.54, 1.807) is 22.9 Å². The molecule has 7 heteroatoms. The quantitative estimate of drug-likeness (QED) is 0.319. The molecule has 0 aliphatic heterocycles. The minimum Gasteiger partial charge on any atom is -0.476 e. The maximum Gasteiger partial charge on any atom is 0.356 e. The van der Waals surface area contributed by atoms with Crippen molar-refractivity contribution in [3.05, 3.63) is 97.6 Å². The van der Waals surface area contributed by atoms with Gasteiger partial charge in [-0.25, -0.2) is 9.18 Å². The number of benzene rings is 2. The van der Waals surface area contributed by atoms with Crippen molar-refractivity contribution in [1.82, 2.24) is 9.78 Å². The molecule has 1 unspecified atom stereocenters. The molecule has 0 fully saturated rings. The van der Waals surface area contributed by atoms with Crippen molar-refractivity contribution >= 4 is 29.2 Å². The fraction of sp³-hybridized carbons (Fsp3) is 0.333. The third-order valence-corrected chi connectivity index (χ3v) is 6.39. The molecule has 180 valence electrons. The van der Waals surface area contributed by atoms with Crippen LogP contribution in [0.25, 0.3) is 0 Å². The van der Waals surface area contributed by atoms with Gasteiger partial charge in [-0.05, 0) is 68.0 Å². The molecule has 0 radical (unpaired) electrons. The van der Waals surface area contributed by atoms with Crippen LogP contribution < -0.4 is 0 Å². The Hall–Kier alpha value is -2.63. The summed E-state index contributed by atoms with van der Waals surface area (Å²) in [6.45, 7) is 10.4. The van der Waals surface area contributed by atoms with Crippen LogP contribution in [0.1, 0.15) is 78.0 Å². The molecule has 2 aromatic carbocycles. The first-order valence-corrected chi connectivity index (χ1v) is 11.9. The Bertz CT molecular complexity index is 1240. The molecule has 1 aromatic heterocycles. The SMILES string of the molecule is CC(C)=CCn1nc(C(=O)O)c(C(Cc2cccc(Cl)c2F)c2ccc(Cl)cc2C)c1C(C)C. The summed E-state index contributed by atoms with van der Waals surface area (Å²) >= 11 is 12.3. The average molecular weight is 503 g/mol. The number of rotatable bonds is 8. The number of aryl methyl sites for hydroxylation is 1. The number of halogens is 3. The van der Waals surface area contributed by atoms with Crippen molar-refractivity contribution in [3.8, 4) is 0 Å². The van der Waals surface area contributed by atoms with Crippen LogP contribution in [0, 0.1) is 12.7 Å². The second-order valence-corrected chi connectivity index (χ2v) is 9.89. The fourth-order valence-corrected chi connectivity index (χ4v) is 4.75. The number of hydrogen-bond acceptors (Lipinski definition) is 2. The number of aromatic nitrogens is 2. The molecule has 0 saturated heterocycles. The minimum absolute atomic E-state index is 0.0134. The number of nitrogens with zero attached hydrogens (tertiary/aromatic N) is 2. The molecule has 4 nitrogen and oxygen atoms in total. The Morgan fingerprint density at radius 3 is 2.50 bits per heavy atom. The first-order valence-electron chi connectivity index (χ1n) is 11.2. The largest absolute Gasteiger partial charge is 0.476 e. The van der Waals surface area contributed by atoms with Crippen molar-refractivity contribution in [2.45, 2.75) is 59.4 Å². The zero-order chi connectivity index (χ0) is 25.2. The van der Waals surface area contributed by atoms with Crippen LogP contribution in [-0.4, -0.2) is 20.9 Å². The van der Waals surface area contributed by atoms with Crippen molar-refractivity contribution in [1.29, 1.82) is 0 Å². The Morgan fingerprint density at radius 1 is 1.21 bits per heavy atom. The van der Waals surface area contributed by atoms with Crippen LogP contribution in [0.5, 0.6) is 0 Å². The highest BCUT2D eigenvalue weighted by molar-refractivity contribution is 6.31. The summed E-state index contributed by atoms with van der Waals surface area (Å²) in [7, 11) is 0. The second-order valence-electron chi connectivity index (χ2n) is 9.04. The molecule has 0 spiro atoms. The molecule has 1 atom stereocenters. The van der Waals surface area contributed by atoms with E-state index in [0.717, 1.165) is 22.4 Å². The molecule has 0 amide bonds. The normalized spacial score (nSPS) is 12.1. The molecular weight excluding hydrogens is 474 g/mol. The number of hydrogen-bond donors (Lipinski definition) is 1. The van der Waals surface area contributed by atoms with Crippen LogP contribution in [0.3, 0.4) is 0 Å². The van der Waals surface area contributed by atoms with E-state index in [1.807, 2.05) is 52.8 Å². The van der Waals surface area contributed by atoms with E-state index in [2.05, 4.69) is 5.10 Å².